The van der Waals surface area contributed by atoms with E-state index in [4.69, 9.17) is 4.74 Å². The Bertz CT molecular complexity index is 811. The molecule has 0 unspecified atom stereocenters. The van der Waals surface area contributed by atoms with Crippen LogP contribution in [0.2, 0.25) is 0 Å². The number of ether oxygens (including phenoxy) is 1. The Balaban J connectivity index is 1.68. The normalized spacial score (nSPS) is 10.7. The molecule has 3 nitrogen and oxygen atoms in total. The van der Waals surface area contributed by atoms with E-state index in [1.807, 2.05) is 30.3 Å². The molecule has 0 atom stereocenters. The Morgan fingerprint density at radius 3 is 2.48 bits per heavy atom. The highest BCUT2D eigenvalue weighted by molar-refractivity contribution is 5.43. The highest BCUT2D eigenvalue weighted by Gasteiger charge is 2.09. The van der Waals surface area contributed by atoms with Crippen molar-refractivity contribution in [2.75, 3.05) is 5.32 Å². The van der Waals surface area contributed by atoms with Gasteiger partial charge in [-0.2, -0.15) is 0 Å². The fourth-order valence-electron chi connectivity index (χ4n) is 2.67. The van der Waals surface area contributed by atoms with Crippen molar-refractivity contribution in [2.24, 2.45) is 0 Å². The molecule has 3 aromatic rings. The summed E-state index contributed by atoms with van der Waals surface area (Å²) in [5, 5.41) is 3.31. The minimum Gasteiger partial charge on any atom is -0.457 e. The Kier molecular flexibility index (Phi) is 5.34. The van der Waals surface area contributed by atoms with Crippen LogP contribution >= 0.6 is 0 Å². The summed E-state index contributed by atoms with van der Waals surface area (Å²) in [6, 6.07) is 20.4. The molecule has 25 heavy (non-hydrogen) atoms. The summed E-state index contributed by atoms with van der Waals surface area (Å²) in [7, 11) is 0. The van der Waals surface area contributed by atoms with Crippen molar-refractivity contribution in [1.29, 1.82) is 0 Å². The van der Waals surface area contributed by atoms with Crippen LogP contribution in [-0.2, 0) is 6.54 Å². The SMILES string of the molecule is Cc1ccc(C(C)C)c(Oc2ccc(CNc3ccccn3)cc2)c1. The maximum Gasteiger partial charge on any atom is 0.131 e. The van der Waals surface area contributed by atoms with Gasteiger partial charge in [0.25, 0.3) is 0 Å². The highest BCUT2D eigenvalue weighted by Crippen LogP contribution is 2.31. The molecule has 0 spiro atoms. The fourth-order valence-corrected chi connectivity index (χ4v) is 2.67. The molecule has 2 aromatic carbocycles. The van der Waals surface area contributed by atoms with E-state index in [-0.39, 0.29) is 0 Å². The first-order valence-corrected chi connectivity index (χ1v) is 8.64. The van der Waals surface area contributed by atoms with Crippen molar-refractivity contribution >= 4 is 5.82 Å². The smallest absolute Gasteiger partial charge is 0.131 e. The Morgan fingerprint density at radius 1 is 1.00 bits per heavy atom. The van der Waals surface area contributed by atoms with Crippen molar-refractivity contribution in [3.05, 3.63) is 83.6 Å². The molecule has 0 aliphatic heterocycles. The zero-order valence-corrected chi connectivity index (χ0v) is 15.0. The van der Waals surface area contributed by atoms with Gasteiger partial charge in [-0.05, 0) is 59.9 Å². The van der Waals surface area contributed by atoms with E-state index in [1.54, 1.807) is 6.20 Å². The Hall–Kier alpha value is -2.81. The third-order valence-electron chi connectivity index (χ3n) is 4.08. The van der Waals surface area contributed by atoms with E-state index in [9.17, 15) is 0 Å². The minimum atomic E-state index is 0.428. The largest absolute Gasteiger partial charge is 0.457 e. The van der Waals surface area contributed by atoms with Crippen LogP contribution in [0.3, 0.4) is 0 Å². The quantitative estimate of drug-likeness (QED) is 0.608. The third-order valence-corrected chi connectivity index (χ3v) is 4.08. The lowest BCUT2D eigenvalue weighted by molar-refractivity contribution is 0.472. The summed E-state index contributed by atoms with van der Waals surface area (Å²) in [5.41, 5.74) is 3.62. The van der Waals surface area contributed by atoms with Crippen molar-refractivity contribution in [3.63, 3.8) is 0 Å². The standard InChI is InChI=1S/C22H24N2O/c1-16(2)20-12-7-17(3)14-21(20)25-19-10-8-18(9-11-19)15-24-22-6-4-5-13-23-22/h4-14,16H,15H2,1-3H3,(H,23,24). The molecule has 1 N–H and O–H groups in total. The lowest BCUT2D eigenvalue weighted by Crippen LogP contribution is -2.00. The van der Waals surface area contributed by atoms with Gasteiger partial charge in [-0.25, -0.2) is 4.98 Å². The van der Waals surface area contributed by atoms with Crippen LogP contribution in [0.15, 0.2) is 66.9 Å². The average molecular weight is 332 g/mol. The van der Waals surface area contributed by atoms with Gasteiger partial charge >= 0.3 is 0 Å². The van der Waals surface area contributed by atoms with Gasteiger partial charge in [0.1, 0.15) is 17.3 Å². The van der Waals surface area contributed by atoms with Crippen LogP contribution in [0.5, 0.6) is 11.5 Å². The van der Waals surface area contributed by atoms with Crippen molar-refractivity contribution in [2.45, 2.75) is 33.2 Å². The summed E-state index contributed by atoms with van der Waals surface area (Å²) < 4.78 is 6.14. The van der Waals surface area contributed by atoms with Gasteiger partial charge in [0, 0.05) is 12.7 Å². The lowest BCUT2D eigenvalue weighted by atomic mass is 10.0. The second kappa shape index (κ2) is 7.84. The molecule has 1 aromatic heterocycles. The molecular formula is C22H24N2O. The first kappa shape index (κ1) is 17.0. The predicted octanol–water partition coefficient (Wildman–Crippen LogP) is 5.92. The topological polar surface area (TPSA) is 34.1 Å². The van der Waals surface area contributed by atoms with Crippen LogP contribution < -0.4 is 10.1 Å². The van der Waals surface area contributed by atoms with E-state index in [2.05, 4.69) is 61.4 Å². The molecule has 3 heteroatoms. The van der Waals surface area contributed by atoms with Gasteiger partial charge in [-0.15, -0.1) is 0 Å². The van der Waals surface area contributed by atoms with Crippen LogP contribution in [0.4, 0.5) is 5.82 Å². The highest BCUT2D eigenvalue weighted by atomic mass is 16.5. The number of benzene rings is 2. The molecule has 0 aliphatic carbocycles. The Morgan fingerprint density at radius 2 is 1.80 bits per heavy atom. The molecule has 0 fully saturated rings. The predicted molar refractivity (Wildman–Crippen MR) is 103 cm³/mol. The first-order chi connectivity index (χ1) is 12.1. The summed E-state index contributed by atoms with van der Waals surface area (Å²) in [4.78, 5) is 4.27. The maximum atomic E-state index is 6.14. The summed E-state index contributed by atoms with van der Waals surface area (Å²) in [6.07, 6.45) is 1.79. The number of pyridine rings is 1. The second-order valence-corrected chi connectivity index (χ2v) is 6.51. The van der Waals surface area contributed by atoms with Gasteiger partial charge < -0.3 is 10.1 Å². The average Bonchev–Trinajstić information content (AvgIpc) is 2.62. The second-order valence-electron chi connectivity index (χ2n) is 6.51. The molecule has 3 rings (SSSR count). The summed E-state index contributed by atoms with van der Waals surface area (Å²) in [5.74, 6) is 3.10. The molecule has 128 valence electrons. The molecule has 0 saturated carbocycles. The van der Waals surface area contributed by atoms with Gasteiger partial charge in [0.05, 0.1) is 0 Å². The van der Waals surface area contributed by atoms with Gasteiger partial charge in [-0.3, -0.25) is 0 Å². The number of rotatable bonds is 6. The van der Waals surface area contributed by atoms with Crippen molar-refractivity contribution in [1.82, 2.24) is 4.98 Å². The van der Waals surface area contributed by atoms with Gasteiger partial charge in [0.15, 0.2) is 0 Å². The zero-order chi connectivity index (χ0) is 17.6. The molecule has 0 radical (unpaired) electrons. The lowest BCUT2D eigenvalue weighted by Gasteiger charge is -2.15. The van der Waals surface area contributed by atoms with E-state index < -0.39 is 0 Å². The van der Waals surface area contributed by atoms with Crippen molar-refractivity contribution < 1.29 is 4.74 Å². The van der Waals surface area contributed by atoms with Gasteiger partial charge in [-0.1, -0.05) is 44.2 Å². The van der Waals surface area contributed by atoms with Crippen molar-refractivity contribution in [3.8, 4) is 11.5 Å². The van der Waals surface area contributed by atoms with Crippen LogP contribution in [0, 0.1) is 6.92 Å². The molecule has 0 amide bonds. The number of aromatic nitrogens is 1. The molecule has 0 bridgehead atoms. The summed E-state index contributed by atoms with van der Waals surface area (Å²) >= 11 is 0. The number of anilines is 1. The van der Waals surface area contributed by atoms with Gasteiger partial charge in [0.2, 0.25) is 0 Å². The fraction of sp³-hybridized carbons (Fsp3) is 0.227. The van der Waals surface area contributed by atoms with Crippen LogP contribution in [0.25, 0.3) is 0 Å². The molecule has 0 saturated heterocycles. The number of hydrogen-bond acceptors (Lipinski definition) is 3. The monoisotopic (exact) mass is 332 g/mol. The Labute approximate surface area is 149 Å². The number of nitrogens with one attached hydrogen (secondary N) is 1. The van der Waals surface area contributed by atoms with E-state index in [1.165, 1.54) is 16.7 Å². The number of aryl methyl sites for hydroxylation is 1. The minimum absolute atomic E-state index is 0.428. The third kappa shape index (κ3) is 4.60. The van der Waals surface area contributed by atoms with Crippen LogP contribution in [0.1, 0.15) is 36.5 Å². The molecule has 1 heterocycles. The summed E-state index contributed by atoms with van der Waals surface area (Å²) in [6.45, 7) is 7.19. The van der Waals surface area contributed by atoms with E-state index >= 15 is 0 Å². The van der Waals surface area contributed by atoms with E-state index in [0.29, 0.717) is 5.92 Å². The first-order valence-electron chi connectivity index (χ1n) is 8.64. The molecule has 0 aliphatic rings. The number of nitrogens with zero attached hydrogens (tertiary/aromatic N) is 1. The number of hydrogen-bond donors (Lipinski definition) is 1. The van der Waals surface area contributed by atoms with Crippen LogP contribution in [-0.4, -0.2) is 4.98 Å². The zero-order valence-electron chi connectivity index (χ0n) is 15.0. The molecular weight excluding hydrogens is 308 g/mol. The maximum absolute atomic E-state index is 6.14. The van der Waals surface area contributed by atoms with E-state index in [0.717, 1.165) is 23.9 Å².